The van der Waals surface area contributed by atoms with E-state index in [2.05, 4.69) is 20.1 Å². The van der Waals surface area contributed by atoms with Gasteiger partial charge in [0.15, 0.2) is 0 Å². The molecule has 1 aliphatic heterocycles. The van der Waals surface area contributed by atoms with Crippen LogP contribution in [0.5, 0.6) is 0 Å². The zero-order valence-electron chi connectivity index (χ0n) is 12.9. The average molecular weight is 341 g/mol. The number of hydrogen-bond donors (Lipinski definition) is 1. The van der Waals surface area contributed by atoms with Crippen LogP contribution in [0.3, 0.4) is 0 Å². The molecule has 0 atom stereocenters. The number of carbonyl (C=O) groups excluding carboxylic acids is 1. The van der Waals surface area contributed by atoms with Gasteiger partial charge in [0.05, 0.1) is 16.1 Å². The van der Waals surface area contributed by atoms with E-state index < -0.39 is 0 Å². The topological polar surface area (TPSA) is 72.2 Å². The van der Waals surface area contributed by atoms with Crippen molar-refractivity contribution in [3.8, 4) is 0 Å². The fourth-order valence-corrected chi connectivity index (χ4v) is 3.42. The summed E-state index contributed by atoms with van der Waals surface area (Å²) in [6.45, 7) is 1.81. The van der Waals surface area contributed by atoms with Gasteiger partial charge in [-0.25, -0.2) is 9.82 Å². The van der Waals surface area contributed by atoms with E-state index in [1.165, 1.54) is 23.7 Å². The van der Waals surface area contributed by atoms with Gasteiger partial charge in [-0.3, -0.25) is 4.79 Å². The van der Waals surface area contributed by atoms with Crippen molar-refractivity contribution in [1.29, 1.82) is 0 Å². The lowest BCUT2D eigenvalue weighted by atomic mass is 10.0. The maximum absolute atomic E-state index is 13.6. The summed E-state index contributed by atoms with van der Waals surface area (Å²) in [5.74, 6) is -0.619. The lowest BCUT2D eigenvalue weighted by molar-refractivity contribution is -0.116. The van der Waals surface area contributed by atoms with Gasteiger partial charge in [0.1, 0.15) is 11.5 Å². The van der Waals surface area contributed by atoms with Gasteiger partial charge in [-0.1, -0.05) is 4.49 Å². The quantitative estimate of drug-likeness (QED) is 0.728. The fraction of sp³-hybridized carbons (Fsp3) is 0.125. The van der Waals surface area contributed by atoms with Crippen LogP contribution in [0.4, 0.5) is 4.39 Å². The Labute approximate surface area is 140 Å². The molecule has 8 heteroatoms. The average Bonchev–Trinajstić information content (AvgIpc) is 3.20. The minimum atomic E-state index is -0.319. The zero-order chi connectivity index (χ0) is 16.8. The Bertz CT molecular complexity index is 1050. The molecular weight excluding hydrogens is 329 g/mol. The molecule has 6 nitrogen and oxygen atoms in total. The molecule has 3 heterocycles. The van der Waals surface area contributed by atoms with Gasteiger partial charge in [0.25, 0.3) is 5.91 Å². The lowest BCUT2D eigenvalue weighted by Crippen LogP contribution is -2.13. The van der Waals surface area contributed by atoms with Gasteiger partial charge < -0.3 is 4.57 Å². The summed E-state index contributed by atoms with van der Waals surface area (Å²) < 4.78 is 19.4. The Morgan fingerprint density at radius 1 is 1.38 bits per heavy atom. The van der Waals surface area contributed by atoms with Crippen molar-refractivity contribution in [3.63, 3.8) is 0 Å². The van der Waals surface area contributed by atoms with Crippen LogP contribution < -0.4 is 5.43 Å². The Kier molecular flexibility index (Phi) is 3.27. The predicted octanol–water partition coefficient (Wildman–Crippen LogP) is 2.39. The van der Waals surface area contributed by atoms with E-state index in [4.69, 9.17) is 0 Å². The van der Waals surface area contributed by atoms with E-state index in [0.29, 0.717) is 17.0 Å². The third kappa shape index (κ3) is 2.23. The normalized spacial score (nSPS) is 16.0. The minimum absolute atomic E-state index is 0.300. The molecule has 0 radical (unpaired) electrons. The molecule has 1 N–H and O–H groups in total. The molecule has 0 aliphatic carbocycles. The standard InChI is InChI=1S/C16H12FN5OS/c1-8-15(24-21-18-8)14-12(16(23)20-19-14)5-9-7-22(2)13-4-3-10(17)6-11(9)13/h3-7H,1-2H3,(H,20,23)/b12-5-. The first-order valence-electron chi connectivity index (χ1n) is 7.18. The van der Waals surface area contributed by atoms with E-state index >= 15 is 0 Å². The number of hydrogen-bond acceptors (Lipinski definition) is 5. The van der Waals surface area contributed by atoms with Gasteiger partial charge in [0.2, 0.25) is 0 Å². The lowest BCUT2D eigenvalue weighted by Gasteiger charge is -1.99. The number of halogens is 1. The Morgan fingerprint density at radius 2 is 2.21 bits per heavy atom. The molecule has 0 saturated heterocycles. The van der Waals surface area contributed by atoms with Crippen molar-refractivity contribution in [2.75, 3.05) is 0 Å². The number of nitrogens with one attached hydrogen (secondary N) is 1. The summed E-state index contributed by atoms with van der Waals surface area (Å²) in [4.78, 5) is 12.9. The SMILES string of the molecule is Cc1nnsc1C1=NNC(=O)/C1=C\c1cn(C)c2ccc(F)cc12. The van der Waals surface area contributed by atoms with Crippen molar-refractivity contribution < 1.29 is 9.18 Å². The molecular formula is C16H12FN5OS. The van der Waals surface area contributed by atoms with E-state index in [-0.39, 0.29) is 11.7 Å². The minimum Gasteiger partial charge on any atom is -0.350 e. The number of amides is 1. The molecule has 1 aromatic carbocycles. The van der Waals surface area contributed by atoms with E-state index in [0.717, 1.165) is 21.3 Å². The zero-order valence-corrected chi connectivity index (χ0v) is 13.7. The molecule has 24 heavy (non-hydrogen) atoms. The molecule has 120 valence electrons. The largest absolute Gasteiger partial charge is 0.350 e. The molecule has 0 fully saturated rings. The molecule has 2 aromatic heterocycles. The van der Waals surface area contributed by atoms with Crippen molar-refractivity contribution in [2.45, 2.75) is 6.92 Å². The number of rotatable bonds is 2. The highest BCUT2D eigenvalue weighted by Crippen LogP contribution is 2.27. The number of fused-ring (bicyclic) bond motifs is 1. The number of carbonyl (C=O) groups is 1. The Morgan fingerprint density at radius 3 is 2.96 bits per heavy atom. The maximum atomic E-state index is 13.6. The van der Waals surface area contributed by atoms with E-state index in [1.54, 1.807) is 12.1 Å². The first-order chi connectivity index (χ1) is 11.5. The number of aryl methyl sites for hydroxylation is 2. The smallest absolute Gasteiger partial charge is 0.273 e. The van der Waals surface area contributed by atoms with Gasteiger partial charge in [-0.05, 0) is 42.7 Å². The molecule has 1 aliphatic rings. The number of nitrogens with zero attached hydrogens (tertiary/aromatic N) is 4. The van der Waals surface area contributed by atoms with Crippen LogP contribution >= 0.6 is 11.5 Å². The highest BCUT2D eigenvalue weighted by atomic mass is 32.1. The highest BCUT2D eigenvalue weighted by Gasteiger charge is 2.27. The van der Waals surface area contributed by atoms with Crippen molar-refractivity contribution in [2.24, 2.45) is 12.1 Å². The van der Waals surface area contributed by atoms with Gasteiger partial charge in [0, 0.05) is 29.7 Å². The molecule has 0 bridgehead atoms. The molecule has 1 amide bonds. The molecule has 4 rings (SSSR count). The van der Waals surface area contributed by atoms with Crippen molar-refractivity contribution in [3.05, 3.63) is 51.9 Å². The first-order valence-corrected chi connectivity index (χ1v) is 7.96. The van der Waals surface area contributed by atoms with Gasteiger partial charge in [-0.2, -0.15) is 5.10 Å². The third-order valence-electron chi connectivity index (χ3n) is 3.92. The highest BCUT2D eigenvalue weighted by molar-refractivity contribution is 7.08. The summed E-state index contributed by atoms with van der Waals surface area (Å²) >= 11 is 1.18. The van der Waals surface area contributed by atoms with Crippen LogP contribution in [0.15, 0.2) is 35.1 Å². The van der Waals surface area contributed by atoms with Crippen LogP contribution in [0.2, 0.25) is 0 Å². The van der Waals surface area contributed by atoms with Crippen LogP contribution in [0.25, 0.3) is 17.0 Å². The van der Waals surface area contributed by atoms with Crippen LogP contribution in [-0.4, -0.2) is 25.8 Å². The fourth-order valence-electron chi connectivity index (χ4n) is 2.76. The summed E-state index contributed by atoms with van der Waals surface area (Å²) in [6, 6.07) is 4.60. The second-order valence-electron chi connectivity index (χ2n) is 5.50. The number of benzene rings is 1. The first kappa shape index (κ1) is 14.7. The predicted molar refractivity (Wildman–Crippen MR) is 90.2 cm³/mol. The molecule has 0 spiro atoms. The van der Waals surface area contributed by atoms with Crippen LogP contribution in [-0.2, 0) is 11.8 Å². The summed E-state index contributed by atoms with van der Waals surface area (Å²) in [7, 11) is 1.88. The van der Waals surface area contributed by atoms with E-state index in [9.17, 15) is 9.18 Å². The van der Waals surface area contributed by atoms with Gasteiger partial charge >= 0.3 is 0 Å². The number of hydrazone groups is 1. The second kappa shape index (κ2) is 5.34. The third-order valence-corrected chi connectivity index (χ3v) is 4.75. The van der Waals surface area contributed by atoms with Crippen molar-refractivity contribution in [1.82, 2.24) is 19.6 Å². The number of aromatic nitrogens is 3. The van der Waals surface area contributed by atoms with E-state index in [1.807, 2.05) is 24.7 Å². The molecule has 3 aromatic rings. The van der Waals surface area contributed by atoms with Gasteiger partial charge in [-0.15, -0.1) is 5.10 Å². The second-order valence-corrected chi connectivity index (χ2v) is 6.26. The Balaban J connectivity index is 1.88. The molecule has 0 unspecified atom stereocenters. The summed E-state index contributed by atoms with van der Waals surface area (Å²) in [5, 5.41) is 8.80. The van der Waals surface area contributed by atoms with Crippen LogP contribution in [0.1, 0.15) is 16.1 Å². The maximum Gasteiger partial charge on any atom is 0.273 e. The molecule has 0 saturated carbocycles. The summed E-state index contributed by atoms with van der Waals surface area (Å²) in [5.41, 5.74) is 5.75. The van der Waals surface area contributed by atoms with Crippen molar-refractivity contribution >= 4 is 40.1 Å². The monoisotopic (exact) mass is 341 g/mol. The summed E-state index contributed by atoms with van der Waals surface area (Å²) in [6.07, 6.45) is 3.58. The van der Waals surface area contributed by atoms with Crippen LogP contribution in [0, 0.1) is 12.7 Å². The Hall–Kier alpha value is -2.87.